The summed E-state index contributed by atoms with van der Waals surface area (Å²) in [4.78, 5) is 48.4. The molecule has 0 spiro atoms. The second-order valence-corrected chi connectivity index (χ2v) is 21.2. The number of hydrogen-bond acceptors (Lipinski definition) is 10. The highest BCUT2D eigenvalue weighted by atomic mass is 31.2. The molecule has 74 heavy (non-hydrogen) atoms. The van der Waals surface area contributed by atoms with Crippen LogP contribution in [0.3, 0.4) is 0 Å². The van der Waals surface area contributed by atoms with Gasteiger partial charge < -0.3 is 24.2 Å². The Kier molecular flexibility index (Phi) is 53.8. The van der Waals surface area contributed by atoms with E-state index in [4.69, 9.17) is 23.3 Å². The van der Waals surface area contributed by atoms with E-state index < -0.39 is 57.8 Å². The van der Waals surface area contributed by atoms with E-state index in [0.717, 1.165) is 77.0 Å². The van der Waals surface area contributed by atoms with E-state index >= 15 is 0 Å². The Bertz CT molecular complexity index is 1520. The number of phosphoric ester groups is 1. The second kappa shape index (κ2) is 56.1. The van der Waals surface area contributed by atoms with Gasteiger partial charge in [0.15, 0.2) is 6.10 Å². The van der Waals surface area contributed by atoms with E-state index in [1.165, 1.54) is 128 Å². The predicted octanol–water partition coefficient (Wildman–Crippen LogP) is 17.7. The molecule has 2 N–H and O–H groups in total. The number of esters is 3. The summed E-state index contributed by atoms with van der Waals surface area (Å²) in [5.41, 5.74) is 0. The number of phosphoric acid groups is 1. The van der Waals surface area contributed by atoms with E-state index in [9.17, 15) is 28.9 Å². The molecule has 0 aromatic rings. The average molecular weight is 1060 g/mol. The van der Waals surface area contributed by atoms with Crippen LogP contribution >= 0.6 is 7.82 Å². The molecule has 12 heteroatoms. The van der Waals surface area contributed by atoms with E-state index in [1.54, 1.807) is 0 Å². The lowest BCUT2D eigenvalue weighted by Gasteiger charge is -2.21. The summed E-state index contributed by atoms with van der Waals surface area (Å²) in [7, 11) is -4.76. The number of carbonyl (C=O) groups excluding carboxylic acids is 3. The van der Waals surface area contributed by atoms with Crippen molar-refractivity contribution in [3.8, 4) is 0 Å². The number of hydrogen-bond donors (Lipinski definition) is 2. The van der Waals surface area contributed by atoms with Crippen LogP contribution in [0.5, 0.6) is 0 Å². The lowest BCUT2D eigenvalue weighted by atomic mass is 10.0. The third kappa shape index (κ3) is 53.7. The number of allylic oxidation sites excluding steroid dienone is 12. The summed E-state index contributed by atoms with van der Waals surface area (Å²) < 4.78 is 39.4. The minimum Gasteiger partial charge on any atom is -0.462 e. The first-order valence-electron chi connectivity index (χ1n) is 29.8. The van der Waals surface area contributed by atoms with Gasteiger partial charge in [-0.2, -0.15) is 0 Å². The Morgan fingerprint density at radius 1 is 0.392 bits per heavy atom. The van der Waals surface area contributed by atoms with Gasteiger partial charge in [0, 0.05) is 19.3 Å². The minimum absolute atomic E-state index is 0.0431. The molecule has 0 saturated carbocycles. The van der Waals surface area contributed by atoms with E-state index in [0.29, 0.717) is 19.3 Å². The molecule has 0 radical (unpaired) electrons. The van der Waals surface area contributed by atoms with Crippen molar-refractivity contribution in [3.63, 3.8) is 0 Å². The van der Waals surface area contributed by atoms with Crippen molar-refractivity contribution in [3.05, 3.63) is 72.9 Å². The Balaban J connectivity index is 4.66. The van der Waals surface area contributed by atoms with Crippen molar-refractivity contribution in [2.24, 2.45) is 0 Å². The Morgan fingerprint density at radius 3 is 1.08 bits per heavy atom. The van der Waals surface area contributed by atoms with Crippen molar-refractivity contribution in [1.29, 1.82) is 0 Å². The van der Waals surface area contributed by atoms with Gasteiger partial charge >= 0.3 is 25.7 Å². The summed E-state index contributed by atoms with van der Waals surface area (Å²) in [5.74, 6) is -1.56. The van der Waals surface area contributed by atoms with E-state index in [-0.39, 0.29) is 25.9 Å². The first kappa shape index (κ1) is 70.9. The number of rotatable bonds is 55. The van der Waals surface area contributed by atoms with Gasteiger partial charge in [-0.05, 0) is 57.8 Å². The van der Waals surface area contributed by atoms with Crippen LogP contribution in [0.15, 0.2) is 72.9 Å². The third-order valence-corrected chi connectivity index (χ3v) is 13.6. The maximum absolute atomic E-state index is 12.9. The normalized spacial score (nSPS) is 13.9. The minimum atomic E-state index is -4.76. The topological polar surface area (TPSA) is 155 Å². The largest absolute Gasteiger partial charge is 0.472 e. The highest BCUT2D eigenvalue weighted by Crippen LogP contribution is 2.43. The van der Waals surface area contributed by atoms with Gasteiger partial charge in [0.05, 0.1) is 19.8 Å². The first-order valence-corrected chi connectivity index (χ1v) is 31.3. The van der Waals surface area contributed by atoms with Gasteiger partial charge in [-0.25, -0.2) is 4.57 Å². The fourth-order valence-corrected chi connectivity index (χ4v) is 8.93. The zero-order valence-electron chi connectivity index (χ0n) is 47.3. The van der Waals surface area contributed by atoms with Gasteiger partial charge in [-0.1, -0.05) is 261 Å². The molecule has 0 aliphatic heterocycles. The molecule has 0 aliphatic carbocycles. The van der Waals surface area contributed by atoms with Gasteiger partial charge in [0.2, 0.25) is 0 Å². The quantitative estimate of drug-likeness (QED) is 0.0197. The summed E-state index contributed by atoms with van der Waals surface area (Å²) in [6.07, 6.45) is 63.2. The SMILES string of the molecule is CC/C=C\C/C=C\C/C=C\C/C=C\C/C=C\C/C=C\CCC(=O)OC(COC(=O)CCCCCCCCCCC)COP(=O)(O)OCC(CO)OC(=O)CCCCCCCCCCCCCCCCCCCCC. The standard InChI is InChI=1S/C62H109O11P/c1-4-7-10-13-16-19-21-23-25-27-29-31-33-35-37-40-43-46-49-52-61(65)72-58(54-63)56-70-74(67,68)71-57-59(55-69-60(64)51-48-45-42-39-18-15-12-9-6-3)73-62(66)53-50-47-44-41-38-36-34-32-30-28-26-24-22-20-17-14-11-8-5-2/h8,11,17,20,24,26,30,32,36,38,44,47,58-59,63H,4-7,9-10,12-16,18-19,21-23,25,27-29,31,33-35,37,39-43,45-46,48-57H2,1-3H3,(H,67,68)/b11-8-,20-17-,26-24-,32-30-,38-36-,47-44-. The summed E-state index contributed by atoms with van der Waals surface area (Å²) in [6, 6.07) is 0. The molecule has 0 aliphatic rings. The van der Waals surface area contributed by atoms with Crippen LogP contribution in [0.4, 0.5) is 0 Å². The molecular weight excluding hydrogens is 952 g/mol. The number of carbonyl (C=O) groups is 3. The highest BCUT2D eigenvalue weighted by Gasteiger charge is 2.28. The highest BCUT2D eigenvalue weighted by molar-refractivity contribution is 7.47. The lowest BCUT2D eigenvalue weighted by molar-refractivity contribution is -0.161. The molecule has 0 saturated heterocycles. The van der Waals surface area contributed by atoms with E-state index in [2.05, 4.69) is 81.5 Å². The van der Waals surface area contributed by atoms with Crippen LogP contribution in [0.1, 0.15) is 265 Å². The lowest BCUT2D eigenvalue weighted by Crippen LogP contribution is -2.30. The monoisotopic (exact) mass is 1060 g/mol. The maximum atomic E-state index is 12.9. The van der Waals surface area contributed by atoms with Crippen LogP contribution in [-0.4, -0.2) is 66.5 Å². The fraction of sp³-hybridized carbons (Fsp3) is 0.758. The average Bonchev–Trinajstić information content (AvgIpc) is 3.39. The number of unbranched alkanes of at least 4 members (excludes halogenated alkanes) is 26. The summed E-state index contributed by atoms with van der Waals surface area (Å²) >= 11 is 0. The molecule has 0 fully saturated rings. The molecule has 3 atom stereocenters. The van der Waals surface area contributed by atoms with Gasteiger partial charge in [-0.3, -0.25) is 23.4 Å². The van der Waals surface area contributed by atoms with Crippen LogP contribution in [0, 0.1) is 0 Å². The molecule has 3 unspecified atom stereocenters. The third-order valence-electron chi connectivity index (χ3n) is 12.7. The smallest absolute Gasteiger partial charge is 0.462 e. The maximum Gasteiger partial charge on any atom is 0.472 e. The van der Waals surface area contributed by atoms with Gasteiger partial charge in [0.25, 0.3) is 0 Å². The molecule has 0 rings (SSSR count). The van der Waals surface area contributed by atoms with Crippen molar-refractivity contribution >= 4 is 25.7 Å². The van der Waals surface area contributed by atoms with Crippen LogP contribution in [0.25, 0.3) is 0 Å². The molecule has 0 amide bonds. The Morgan fingerprint density at radius 2 is 0.703 bits per heavy atom. The predicted molar refractivity (Wildman–Crippen MR) is 307 cm³/mol. The first-order chi connectivity index (χ1) is 36.2. The summed E-state index contributed by atoms with van der Waals surface area (Å²) in [6.45, 7) is 4.45. The van der Waals surface area contributed by atoms with Crippen molar-refractivity contribution in [1.82, 2.24) is 0 Å². The van der Waals surface area contributed by atoms with Crippen molar-refractivity contribution < 1.29 is 52.2 Å². The molecular formula is C62H109O11P. The van der Waals surface area contributed by atoms with Gasteiger partial charge in [0.1, 0.15) is 12.7 Å². The Hall–Kier alpha value is -3.08. The molecule has 428 valence electrons. The van der Waals surface area contributed by atoms with Gasteiger partial charge in [-0.15, -0.1) is 0 Å². The molecule has 0 bridgehead atoms. The number of aliphatic hydroxyl groups is 1. The second-order valence-electron chi connectivity index (χ2n) is 19.8. The van der Waals surface area contributed by atoms with E-state index in [1.807, 2.05) is 12.2 Å². The number of aliphatic hydroxyl groups excluding tert-OH is 1. The molecule has 11 nitrogen and oxygen atoms in total. The van der Waals surface area contributed by atoms with Crippen molar-refractivity contribution in [2.75, 3.05) is 26.4 Å². The zero-order valence-corrected chi connectivity index (χ0v) is 48.2. The summed E-state index contributed by atoms with van der Waals surface area (Å²) in [5, 5.41) is 9.82. The van der Waals surface area contributed by atoms with Crippen molar-refractivity contribution in [2.45, 2.75) is 277 Å². The molecule has 0 aromatic heterocycles. The van der Waals surface area contributed by atoms with Crippen LogP contribution in [-0.2, 0) is 42.2 Å². The molecule has 0 heterocycles. The zero-order chi connectivity index (χ0) is 54.1. The van der Waals surface area contributed by atoms with Crippen LogP contribution in [0.2, 0.25) is 0 Å². The Labute approximate surface area is 452 Å². The molecule has 0 aromatic carbocycles. The van der Waals surface area contributed by atoms with Crippen LogP contribution < -0.4 is 0 Å². The fourth-order valence-electron chi connectivity index (χ4n) is 8.15. The number of ether oxygens (including phenoxy) is 3.